The third kappa shape index (κ3) is 5.83. The number of rotatable bonds is 7. The SMILES string of the molecule is Cc1c(Br)ccc(NC(=O)CSc2nnc(CNC(=O)c3ccc(Cl)cc3Cl)n2C)c1C. The Balaban J connectivity index is 1.56. The Labute approximate surface area is 208 Å². The average molecular weight is 557 g/mol. The van der Waals surface area contributed by atoms with E-state index in [1.807, 2.05) is 26.0 Å². The Bertz CT molecular complexity index is 1190. The van der Waals surface area contributed by atoms with E-state index in [2.05, 4.69) is 36.8 Å². The third-order valence-electron chi connectivity index (χ3n) is 4.84. The fourth-order valence-corrected chi connectivity index (χ4v) is 4.45. The molecule has 1 heterocycles. The van der Waals surface area contributed by atoms with Crippen LogP contribution in [0, 0.1) is 13.8 Å². The quantitative estimate of drug-likeness (QED) is 0.392. The highest BCUT2D eigenvalue weighted by atomic mass is 79.9. The molecule has 0 spiro atoms. The number of nitrogens with zero attached hydrogens (tertiary/aromatic N) is 3. The summed E-state index contributed by atoms with van der Waals surface area (Å²) in [5.41, 5.74) is 3.19. The van der Waals surface area contributed by atoms with Crippen LogP contribution in [-0.2, 0) is 18.4 Å². The van der Waals surface area contributed by atoms with Crippen molar-refractivity contribution >= 4 is 68.4 Å². The number of nitrogens with one attached hydrogen (secondary N) is 2. The lowest BCUT2D eigenvalue weighted by Crippen LogP contribution is -2.24. The molecule has 7 nitrogen and oxygen atoms in total. The fourth-order valence-electron chi connectivity index (χ4n) is 2.79. The molecule has 2 N–H and O–H groups in total. The van der Waals surface area contributed by atoms with Crippen LogP contribution in [0.2, 0.25) is 10.0 Å². The minimum Gasteiger partial charge on any atom is -0.345 e. The summed E-state index contributed by atoms with van der Waals surface area (Å²) in [6, 6.07) is 8.44. The smallest absolute Gasteiger partial charge is 0.253 e. The average Bonchev–Trinajstić information content (AvgIpc) is 3.10. The predicted molar refractivity (Wildman–Crippen MR) is 132 cm³/mol. The predicted octanol–water partition coefficient (Wildman–Crippen LogP) is 5.16. The fraction of sp³-hybridized carbons (Fsp3) is 0.238. The summed E-state index contributed by atoms with van der Waals surface area (Å²) in [7, 11) is 1.78. The Morgan fingerprint density at radius 3 is 2.59 bits per heavy atom. The summed E-state index contributed by atoms with van der Waals surface area (Å²) in [5, 5.41) is 15.2. The number of hydrogen-bond acceptors (Lipinski definition) is 5. The second kappa shape index (κ2) is 10.7. The molecule has 3 aromatic rings. The highest BCUT2D eigenvalue weighted by Crippen LogP contribution is 2.26. The van der Waals surface area contributed by atoms with E-state index in [0.29, 0.717) is 21.6 Å². The maximum absolute atomic E-state index is 12.4. The van der Waals surface area contributed by atoms with Crippen LogP contribution < -0.4 is 10.6 Å². The number of halogens is 3. The minimum absolute atomic E-state index is 0.143. The molecule has 2 amide bonds. The van der Waals surface area contributed by atoms with E-state index in [1.54, 1.807) is 23.7 Å². The van der Waals surface area contributed by atoms with Crippen molar-refractivity contribution in [3.63, 3.8) is 0 Å². The Morgan fingerprint density at radius 1 is 1.12 bits per heavy atom. The summed E-state index contributed by atoms with van der Waals surface area (Å²) in [5.74, 6) is 0.233. The van der Waals surface area contributed by atoms with Gasteiger partial charge >= 0.3 is 0 Å². The standard InChI is InChI=1S/C21H20BrCl2N5O2S/c1-11-12(2)17(7-6-15(11)22)26-19(30)10-32-21-28-27-18(29(21)3)9-25-20(31)14-5-4-13(23)8-16(14)24/h4-8H,9-10H2,1-3H3,(H,25,31)(H,26,30). The van der Waals surface area contributed by atoms with Crippen LogP contribution in [0.3, 0.4) is 0 Å². The van der Waals surface area contributed by atoms with E-state index in [0.717, 1.165) is 21.3 Å². The number of carbonyl (C=O) groups is 2. The molecule has 168 valence electrons. The number of aromatic nitrogens is 3. The number of benzene rings is 2. The maximum atomic E-state index is 12.4. The molecular weight excluding hydrogens is 537 g/mol. The second-order valence-corrected chi connectivity index (χ2v) is 9.59. The van der Waals surface area contributed by atoms with Gasteiger partial charge in [0.25, 0.3) is 5.91 Å². The van der Waals surface area contributed by atoms with Gasteiger partial charge in [-0.3, -0.25) is 9.59 Å². The first-order chi connectivity index (χ1) is 15.2. The van der Waals surface area contributed by atoms with E-state index in [4.69, 9.17) is 23.2 Å². The molecule has 3 rings (SSSR count). The highest BCUT2D eigenvalue weighted by molar-refractivity contribution is 9.10. The van der Waals surface area contributed by atoms with Crippen molar-refractivity contribution in [2.24, 2.45) is 7.05 Å². The highest BCUT2D eigenvalue weighted by Gasteiger charge is 2.15. The van der Waals surface area contributed by atoms with Gasteiger partial charge in [-0.05, 0) is 55.3 Å². The van der Waals surface area contributed by atoms with Gasteiger partial charge in [-0.1, -0.05) is 50.9 Å². The molecule has 0 bridgehead atoms. The van der Waals surface area contributed by atoms with Crippen LogP contribution in [0.15, 0.2) is 40.0 Å². The van der Waals surface area contributed by atoms with E-state index < -0.39 is 0 Å². The normalized spacial score (nSPS) is 10.8. The summed E-state index contributed by atoms with van der Waals surface area (Å²) in [4.78, 5) is 24.8. The largest absolute Gasteiger partial charge is 0.345 e. The van der Waals surface area contributed by atoms with Gasteiger partial charge in [0.05, 0.1) is 22.9 Å². The van der Waals surface area contributed by atoms with Crippen molar-refractivity contribution in [2.75, 3.05) is 11.1 Å². The maximum Gasteiger partial charge on any atom is 0.253 e. The minimum atomic E-state index is -0.344. The zero-order valence-corrected chi connectivity index (χ0v) is 21.4. The summed E-state index contributed by atoms with van der Waals surface area (Å²) >= 11 is 16.7. The van der Waals surface area contributed by atoms with Crippen LogP contribution in [0.1, 0.15) is 27.3 Å². The topological polar surface area (TPSA) is 88.9 Å². The molecule has 0 aliphatic rings. The van der Waals surface area contributed by atoms with Crippen LogP contribution in [-0.4, -0.2) is 32.3 Å². The van der Waals surface area contributed by atoms with Gasteiger partial charge in [-0.2, -0.15) is 0 Å². The molecule has 0 aliphatic carbocycles. The van der Waals surface area contributed by atoms with Crippen LogP contribution in [0.25, 0.3) is 0 Å². The van der Waals surface area contributed by atoms with Gasteiger partial charge in [0.2, 0.25) is 5.91 Å². The first-order valence-electron chi connectivity index (χ1n) is 9.47. The molecule has 0 radical (unpaired) electrons. The van der Waals surface area contributed by atoms with Gasteiger partial charge in [0, 0.05) is 22.2 Å². The molecule has 0 saturated carbocycles. The zero-order valence-electron chi connectivity index (χ0n) is 17.5. The number of amides is 2. The monoisotopic (exact) mass is 555 g/mol. The van der Waals surface area contributed by atoms with Crippen molar-refractivity contribution in [1.29, 1.82) is 0 Å². The van der Waals surface area contributed by atoms with Gasteiger partial charge in [0.1, 0.15) is 0 Å². The van der Waals surface area contributed by atoms with Gasteiger partial charge in [-0.15, -0.1) is 10.2 Å². The lowest BCUT2D eigenvalue weighted by molar-refractivity contribution is -0.113. The van der Waals surface area contributed by atoms with Crippen molar-refractivity contribution < 1.29 is 9.59 Å². The van der Waals surface area contributed by atoms with Crippen molar-refractivity contribution in [2.45, 2.75) is 25.5 Å². The van der Waals surface area contributed by atoms with E-state index in [9.17, 15) is 9.59 Å². The van der Waals surface area contributed by atoms with Gasteiger partial charge in [0.15, 0.2) is 11.0 Å². The molecule has 11 heteroatoms. The molecule has 0 fully saturated rings. The molecule has 1 aromatic heterocycles. The third-order valence-corrected chi connectivity index (χ3v) is 7.26. The molecule has 2 aromatic carbocycles. The first-order valence-corrected chi connectivity index (χ1v) is 12.0. The number of carbonyl (C=O) groups excluding carboxylic acids is 2. The molecule has 0 unspecified atom stereocenters. The molecule has 0 atom stereocenters. The molecule has 32 heavy (non-hydrogen) atoms. The molecule has 0 saturated heterocycles. The Hall–Kier alpha value is -2.07. The number of hydrogen-bond donors (Lipinski definition) is 2. The Morgan fingerprint density at radius 2 is 1.88 bits per heavy atom. The number of thioether (sulfide) groups is 1. The van der Waals surface area contributed by atoms with Crippen LogP contribution in [0.5, 0.6) is 0 Å². The van der Waals surface area contributed by atoms with E-state index in [1.165, 1.54) is 17.8 Å². The van der Waals surface area contributed by atoms with Crippen molar-refractivity contribution in [1.82, 2.24) is 20.1 Å². The summed E-state index contributed by atoms with van der Waals surface area (Å²) < 4.78 is 2.73. The van der Waals surface area contributed by atoms with Gasteiger partial charge < -0.3 is 15.2 Å². The Kier molecular flexibility index (Phi) is 8.21. The first kappa shape index (κ1) is 24.6. The lowest BCUT2D eigenvalue weighted by Gasteiger charge is -2.11. The number of anilines is 1. The molecular formula is C21H20BrCl2N5O2S. The van der Waals surface area contributed by atoms with Crippen LogP contribution >= 0.6 is 50.9 Å². The molecule has 0 aliphatic heterocycles. The lowest BCUT2D eigenvalue weighted by atomic mass is 10.1. The summed E-state index contributed by atoms with van der Waals surface area (Å²) in [6.45, 7) is 4.11. The van der Waals surface area contributed by atoms with Crippen molar-refractivity contribution in [3.05, 3.63) is 67.4 Å². The second-order valence-electron chi connectivity index (χ2n) is 6.95. The van der Waals surface area contributed by atoms with Gasteiger partial charge in [-0.25, -0.2) is 0 Å². The van der Waals surface area contributed by atoms with E-state index >= 15 is 0 Å². The van der Waals surface area contributed by atoms with E-state index in [-0.39, 0.29) is 29.1 Å². The van der Waals surface area contributed by atoms with Crippen molar-refractivity contribution in [3.8, 4) is 0 Å². The zero-order chi connectivity index (χ0) is 23.4. The summed E-state index contributed by atoms with van der Waals surface area (Å²) in [6.07, 6.45) is 0. The van der Waals surface area contributed by atoms with Crippen LogP contribution in [0.4, 0.5) is 5.69 Å².